The van der Waals surface area contributed by atoms with E-state index in [1.165, 1.54) is 4.68 Å². The molecule has 0 saturated carbocycles. The first kappa shape index (κ1) is 17.5. The monoisotopic (exact) mass is 366 g/mol. The highest BCUT2D eigenvalue weighted by molar-refractivity contribution is 6.33. The highest BCUT2D eigenvalue weighted by Crippen LogP contribution is 2.20. The number of carbonyl (C=O) groups is 1. The van der Waals surface area contributed by atoms with E-state index in [1.54, 1.807) is 42.5 Å². The summed E-state index contributed by atoms with van der Waals surface area (Å²) in [6, 6.07) is 13.6. The maximum atomic E-state index is 12.4. The van der Waals surface area contributed by atoms with Gasteiger partial charge in [0.1, 0.15) is 6.54 Å². The number of carbonyl (C=O) groups excluding carboxylic acids is 1. The second-order valence-electron chi connectivity index (χ2n) is 5.45. The number of nitrogens with one attached hydrogen (secondary N) is 2. The number of amides is 2. The minimum absolute atomic E-state index is 0.0580. The van der Waals surface area contributed by atoms with Gasteiger partial charge < -0.3 is 10.6 Å². The molecule has 0 spiro atoms. The van der Waals surface area contributed by atoms with Gasteiger partial charge in [-0.25, -0.2) is 9.48 Å². The minimum atomic E-state index is -0.432. The number of halogens is 1. The summed E-state index contributed by atoms with van der Waals surface area (Å²) in [4.78, 5) is 24.5. The Morgan fingerprint density at radius 2 is 1.85 bits per heavy atom. The smallest absolute Gasteiger partial charge is 0.319 e. The molecule has 0 aliphatic rings. The molecule has 3 aromatic rings. The average Bonchev–Trinajstić information content (AvgIpc) is 2.65. The molecular weight excluding hydrogens is 352 g/mol. The number of hydrogen-bond donors (Lipinski definition) is 2. The average molecular weight is 367 g/mol. The molecule has 1 aromatic heterocycles. The van der Waals surface area contributed by atoms with Gasteiger partial charge >= 0.3 is 6.03 Å². The van der Waals surface area contributed by atoms with E-state index in [4.69, 9.17) is 18.0 Å². The fourth-order valence-electron chi connectivity index (χ4n) is 2.52. The van der Waals surface area contributed by atoms with E-state index in [9.17, 15) is 9.59 Å². The lowest BCUT2D eigenvalue weighted by atomic mass is 10.1. The van der Waals surface area contributed by atoms with Crippen LogP contribution in [0.5, 0.6) is 0 Å². The summed E-state index contributed by atoms with van der Waals surface area (Å²) < 4.78 is 1.21. The molecule has 0 unspecified atom stereocenters. The largest absolute Gasteiger partial charge is 0.332 e. The Hall–Kier alpha value is -3.30. The van der Waals surface area contributed by atoms with Crippen LogP contribution in [-0.4, -0.2) is 15.8 Å². The van der Waals surface area contributed by atoms with Crippen LogP contribution in [0.15, 0.2) is 53.3 Å². The number of fused-ring (bicyclic) bond motifs is 1. The van der Waals surface area contributed by atoms with E-state index in [-0.39, 0.29) is 18.6 Å². The van der Waals surface area contributed by atoms with E-state index in [2.05, 4.69) is 21.7 Å². The molecule has 1 heterocycles. The molecule has 0 radical (unpaired) electrons. The van der Waals surface area contributed by atoms with Crippen molar-refractivity contribution in [1.82, 2.24) is 15.1 Å². The van der Waals surface area contributed by atoms with Crippen molar-refractivity contribution in [2.24, 2.45) is 0 Å². The van der Waals surface area contributed by atoms with Crippen LogP contribution in [0.3, 0.4) is 0 Å². The van der Waals surface area contributed by atoms with E-state index in [0.29, 0.717) is 27.2 Å². The number of urea groups is 1. The number of aromatic nitrogens is 2. The number of hydrogen-bond acceptors (Lipinski definition) is 3. The summed E-state index contributed by atoms with van der Waals surface area (Å²) in [6.07, 6.45) is 5.30. The highest BCUT2D eigenvalue weighted by Gasteiger charge is 2.11. The number of benzene rings is 2. The zero-order valence-electron chi connectivity index (χ0n) is 13.7. The second kappa shape index (κ2) is 7.72. The third-order valence-corrected chi connectivity index (χ3v) is 4.05. The molecule has 0 bridgehead atoms. The van der Waals surface area contributed by atoms with Crippen LogP contribution in [0.1, 0.15) is 5.69 Å². The predicted molar refractivity (Wildman–Crippen MR) is 102 cm³/mol. The van der Waals surface area contributed by atoms with E-state index < -0.39 is 6.03 Å². The van der Waals surface area contributed by atoms with Crippen LogP contribution in [0, 0.1) is 12.3 Å². The Labute approximate surface area is 154 Å². The molecule has 0 atom stereocenters. The lowest BCUT2D eigenvalue weighted by molar-refractivity contribution is 0.251. The zero-order valence-corrected chi connectivity index (χ0v) is 14.5. The van der Waals surface area contributed by atoms with Crippen LogP contribution in [0.25, 0.3) is 10.8 Å². The van der Waals surface area contributed by atoms with Crippen LogP contribution in [0.2, 0.25) is 5.02 Å². The molecule has 2 amide bonds. The molecule has 7 heteroatoms. The molecular formula is C19H15ClN4O2. The number of rotatable bonds is 4. The Kier molecular flexibility index (Phi) is 5.20. The first-order valence-corrected chi connectivity index (χ1v) is 8.19. The van der Waals surface area contributed by atoms with Gasteiger partial charge in [-0.05, 0) is 18.2 Å². The Morgan fingerprint density at radius 3 is 2.58 bits per heavy atom. The van der Waals surface area contributed by atoms with Gasteiger partial charge in [0.2, 0.25) is 0 Å². The normalized spacial score (nSPS) is 10.3. The van der Waals surface area contributed by atoms with Gasteiger partial charge in [0.15, 0.2) is 0 Å². The van der Waals surface area contributed by atoms with Crippen molar-refractivity contribution in [1.29, 1.82) is 0 Å². The first-order chi connectivity index (χ1) is 12.6. The van der Waals surface area contributed by atoms with Crippen molar-refractivity contribution in [3.8, 4) is 12.3 Å². The summed E-state index contributed by atoms with van der Waals surface area (Å²) >= 11 is 6.02. The molecule has 6 nitrogen and oxygen atoms in total. The van der Waals surface area contributed by atoms with Gasteiger partial charge in [0.05, 0.1) is 28.3 Å². The van der Waals surface area contributed by atoms with E-state index >= 15 is 0 Å². The van der Waals surface area contributed by atoms with Crippen molar-refractivity contribution in [2.45, 2.75) is 13.1 Å². The van der Waals surface area contributed by atoms with E-state index in [0.717, 1.165) is 0 Å². The maximum absolute atomic E-state index is 12.4. The van der Waals surface area contributed by atoms with Crippen LogP contribution in [0.4, 0.5) is 10.5 Å². The molecule has 26 heavy (non-hydrogen) atoms. The number of anilines is 1. The van der Waals surface area contributed by atoms with Gasteiger partial charge in [-0.15, -0.1) is 6.42 Å². The molecule has 2 N–H and O–H groups in total. The van der Waals surface area contributed by atoms with Gasteiger partial charge in [-0.2, -0.15) is 5.10 Å². The summed E-state index contributed by atoms with van der Waals surface area (Å²) in [5.74, 6) is 2.41. The molecule has 0 fully saturated rings. The van der Waals surface area contributed by atoms with Crippen molar-refractivity contribution in [3.63, 3.8) is 0 Å². The molecule has 0 aliphatic heterocycles. The quantitative estimate of drug-likeness (QED) is 0.697. The summed E-state index contributed by atoms with van der Waals surface area (Å²) in [7, 11) is 0. The van der Waals surface area contributed by atoms with Crippen LogP contribution < -0.4 is 16.2 Å². The lowest BCUT2D eigenvalue weighted by Gasteiger charge is -2.11. The maximum Gasteiger partial charge on any atom is 0.319 e. The van der Waals surface area contributed by atoms with Gasteiger partial charge in [-0.3, -0.25) is 4.79 Å². The van der Waals surface area contributed by atoms with Crippen LogP contribution in [-0.2, 0) is 13.1 Å². The molecule has 0 saturated heterocycles. The minimum Gasteiger partial charge on any atom is -0.332 e. The third kappa shape index (κ3) is 3.68. The Bertz CT molecular complexity index is 1070. The summed E-state index contributed by atoms with van der Waals surface area (Å²) in [5.41, 5.74) is 0.786. The van der Waals surface area contributed by atoms with Crippen molar-refractivity contribution >= 4 is 34.1 Å². The van der Waals surface area contributed by atoms with Gasteiger partial charge in [-0.1, -0.05) is 47.9 Å². The molecule has 3 rings (SSSR count). The third-order valence-electron chi connectivity index (χ3n) is 3.72. The summed E-state index contributed by atoms with van der Waals surface area (Å²) in [6.45, 7) is 0.185. The first-order valence-electron chi connectivity index (χ1n) is 7.81. The standard InChI is InChI=1S/C19H15ClN4O2/c1-2-11-24-18(25)14-8-4-3-7-13(14)17(23-24)12-21-19(26)22-16-10-6-5-9-15(16)20/h1,3-10H,11-12H2,(H2,21,22,26). The van der Waals surface area contributed by atoms with Crippen molar-refractivity contribution < 1.29 is 4.79 Å². The predicted octanol–water partition coefficient (Wildman–Crippen LogP) is 3.00. The van der Waals surface area contributed by atoms with Crippen molar-refractivity contribution in [3.05, 3.63) is 69.6 Å². The number of terminal acetylenes is 1. The van der Waals surface area contributed by atoms with E-state index in [1.807, 2.05) is 6.07 Å². The highest BCUT2D eigenvalue weighted by atomic mass is 35.5. The summed E-state index contributed by atoms with van der Waals surface area (Å²) in [5, 5.41) is 11.3. The lowest BCUT2D eigenvalue weighted by Crippen LogP contribution is -2.31. The zero-order chi connectivity index (χ0) is 18.5. The number of nitrogens with zero attached hydrogens (tertiary/aromatic N) is 2. The molecule has 130 valence electrons. The fraction of sp³-hybridized carbons (Fsp3) is 0.105. The molecule has 2 aromatic carbocycles. The number of para-hydroxylation sites is 1. The SMILES string of the molecule is C#CCn1nc(CNC(=O)Nc2ccccc2Cl)c2ccccc2c1=O. The van der Waals surface area contributed by atoms with Crippen LogP contribution >= 0.6 is 11.6 Å². The van der Waals surface area contributed by atoms with Gasteiger partial charge in [0, 0.05) is 5.39 Å². The fourth-order valence-corrected chi connectivity index (χ4v) is 2.71. The topological polar surface area (TPSA) is 76.0 Å². The second-order valence-corrected chi connectivity index (χ2v) is 5.85. The van der Waals surface area contributed by atoms with Gasteiger partial charge in [0.25, 0.3) is 5.56 Å². The van der Waals surface area contributed by atoms with Crippen molar-refractivity contribution in [2.75, 3.05) is 5.32 Å². The Balaban J connectivity index is 1.83. The Morgan fingerprint density at radius 1 is 1.15 bits per heavy atom. The molecule has 0 aliphatic carbocycles.